The van der Waals surface area contributed by atoms with Crippen LogP contribution in [0.2, 0.25) is 0 Å². The van der Waals surface area contributed by atoms with Crippen molar-refractivity contribution in [3.63, 3.8) is 0 Å². The fraction of sp³-hybridized carbons (Fsp3) is 0.286. The normalized spacial score (nSPS) is 13.2. The zero-order valence-electron chi connectivity index (χ0n) is 12.0. The smallest absolute Gasteiger partial charge is 0.240 e. The zero-order valence-corrected chi connectivity index (χ0v) is 12.9. The minimum absolute atomic E-state index is 0.0197. The molecule has 7 nitrogen and oxygen atoms in total. The molecule has 0 spiro atoms. The van der Waals surface area contributed by atoms with Gasteiger partial charge in [0.25, 0.3) is 0 Å². The molecule has 8 heteroatoms. The number of fused-ring (bicyclic) bond motifs is 1. The van der Waals surface area contributed by atoms with Crippen LogP contribution < -0.4 is 15.3 Å². The number of sulfonamides is 1. The number of carboxylic acids is 1. The molecular formula is C14H15N2O5S-. The fourth-order valence-electron chi connectivity index (χ4n) is 1.93. The molecule has 2 rings (SSSR count). The van der Waals surface area contributed by atoms with E-state index in [9.17, 15) is 23.1 Å². The molecule has 0 aliphatic rings. The SMILES string of the molecule is CCC(C)NS(=O)(=O)c1ccc2[nH]cc(C(=O)[O-])c(=O)c2c1. The highest BCUT2D eigenvalue weighted by molar-refractivity contribution is 7.89. The summed E-state index contributed by atoms with van der Waals surface area (Å²) in [6.45, 7) is 3.56. The number of carbonyl (C=O) groups is 1. The number of aromatic carboxylic acids is 1. The fourth-order valence-corrected chi connectivity index (χ4v) is 3.29. The summed E-state index contributed by atoms with van der Waals surface area (Å²) in [4.78, 5) is 25.5. The van der Waals surface area contributed by atoms with Gasteiger partial charge in [0.05, 0.1) is 16.4 Å². The van der Waals surface area contributed by atoms with Crippen molar-refractivity contribution in [1.29, 1.82) is 0 Å². The van der Waals surface area contributed by atoms with E-state index in [1.807, 2.05) is 6.92 Å². The van der Waals surface area contributed by atoms with E-state index in [1.165, 1.54) is 12.1 Å². The Bertz CT molecular complexity index is 886. The van der Waals surface area contributed by atoms with Crippen molar-refractivity contribution in [3.05, 3.63) is 40.2 Å². The Labute approximate surface area is 127 Å². The van der Waals surface area contributed by atoms with E-state index in [-0.39, 0.29) is 16.3 Å². The van der Waals surface area contributed by atoms with E-state index in [1.54, 1.807) is 6.92 Å². The summed E-state index contributed by atoms with van der Waals surface area (Å²) in [5, 5.41) is 10.9. The summed E-state index contributed by atoms with van der Waals surface area (Å²) in [7, 11) is -3.78. The third-order valence-corrected chi connectivity index (χ3v) is 4.94. The van der Waals surface area contributed by atoms with Crippen LogP contribution in [0.1, 0.15) is 30.6 Å². The molecule has 0 radical (unpaired) electrons. The molecular weight excluding hydrogens is 308 g/mol. The van der Waals surface area contributed by atoms with Gasteiger partial charge in [-0.1, -0.05) is 6.92 Å². The predicted molar refractivity (Wildman–Crippen MR) is 79.0 cm³/mol. The van der Waals surface area contributed by atoms with Crippen molar-refractivity contribution in [3.8, 4) is 0 Å². The number of hydrogen-bond donors (Lipinski definition) is 2. The Morgan fingerprint density at radius 2 is 2.09 bits per heavy atom. The molecule has 0 aliphatic heterocycles. The van der Waals surface area contributed by atoms with Crippen molar-refractivity contribution in [1.82, 2.24) is 9.71 Å². The molecule has 1 aromatic heterocycles. The van der Waals surface area contributed by atoms with Crippen LogP contribution in [0.25, 0.3) is 10.9 Å². The van der Waals surface area contributed by atoms with Crippen LogP contribution in [0.4, 0.5) is 0 Å². The standard InChI is InChI=1S/C14H16N2O5S/c1-3-8(2)16-22(20,21)9-4-5-12-10(6-9)13(17)11(7-15-12)14(18)19/h4-8,16H,3H2,1-2H3,(H,15,17)(H,18,19)/p-1. The van der Waals surface area contributed by atoms with Gasteiger partial charge in [-0.2, -0.15) is 0 Å². The first-order valence-corrected chi connectivity index (χ1v) is 8.13. The quantitative estimate of drug-likeness (QED) is 0.800. The number of carbonyl (C=O) groups excluding carboxylic acids is 1. The highest BCUT2D eigenvalue weighted by Crippen LogP contribution is 2.16. The Hall–Kier alpha value is -2.19. The lowest BCUT2D eigenvalue weighted by atomic mass is 10.1. The number of nitrogens with one attached hydrogen (secondary N) is 2. The monoisotopic (exact) mass is 323 g/mol. The molecule has 0 aliphatic carbocycles. The molecule has 0 saturated heterocycles. The van der Waals surface area contributed by atoms with Crippen molar-refractivity contribution in [2.24, 2.45) is 0 Å². The maximum absolute atomic E-state index is 12.2. The van der Waals surface area contributed by atoms with Gasteiger partial charge in [0.1, 0.15) is 0 Å². The van der Waals surface area contributed by atoms with Crippen LogP contribution in [-0.4, -0.2) is 25.4 Å². The number of carboxylic acid groups (broad SMARTS) is 1. The lowest BCUT2D eigenvalue weighted by Gasteiger charge is -2.12. The Morgan fingerprint density at radius 1 is 1.41 bits per heavy atom. The highest BCUT2D eigenvalue weighted by Gasteiger charge is 2.18. The number of aromatic amines is 1. The largest absolute Gasteiger partial charge is 0.545 e. The lowest BCUT2D eigenvalue weighted by Crippen LogP contribution is -2.32. The maximum Gasteiger partial charge on any atom is 0.240 e. The third kappa shape index (κ3) is 3.02. The first-order valence-electron chi connectivity index (χ1n) is 6.65. The first kappa shape index (κ1) is 16.2. The minimum atomic E-state index is -3.78. The first-order chi connectivity index (χ1) is 10.3. The van der Waals surface area contributed by atoms with Crippen molar-refractivity contribution >= 4 is 26.9 Å². The van der Waals surface area contributed by atoms with E-state index in [0.717, 1.165) is 12.3 Å². The summed E-state index contributed by atoms with van der Waals surface area (Å²) in [5.41, 5.74) is -0.983. The van der Waals surface area contributed by atoms with Gasteiger partial charge in [0.15, 0.2) is 5.43 Å². The molecule has 118 valence electrons. The van der Waals surface area contributed by atoms with Crippen LogP contribution in [0, 0.1) is 0 Å². The number of pyridine rings is 1. The summed E-state index contributed by atoms with van der Waals surface area (Å²) >= 11 is 0. The molecule has 1 aromatic carbocycles. The Balaban J connectivity index is 2.61. The van der Waals surface area contributed by atoms with E-state index in [0.29, 0.717) is 11.9 Å². The van der Waals surface area contributed by atoms with Gasteiger partial charge in [-0.05, 0) is 31.5 Å². The summed E-state index contributed by atoms with van der Waals surface area (Å²) in [6.07, 6.45) is 1.65. The van der Waals surface area contributed by atoms with Gasteiger partial charge >= 0.3 is 0 Å². The molecule has 2 N–H and O–H groups in total. The number of benzene rings is 1. The van der Waals surface area contributed by atoms with Gasteiger partial charge in [-0.3, -0.25) is 4.79 Å². The Kier molecular flexibility index (Phi) is 4.34. The highest BCUT2D eigenvalue weighted by atomic mass is 32.2. The molecule has 0 amide bonds. The van der Waals surface area contributed by atoms with Crippen molar-refractivity contribution in [2.75, 3.05) is 0 Å². The van der Waals surface area contributed by atoms with E-state index >= 15 is 0 Å². The minimum Gasteiger partial charge on any atom is -0.545 e. The third-order valence-electron chi connectivity index (χ3n) is 3.35. The van der Waals surface area contributed by atoms with Crippen molar-refractivity contribution < 1.29 is 18.3 Å². The van der Waals surface area contributed by atoms with Crippen LogP contribution >= 0.6 is 0 Å². The number of H-pyrrole nitrogens is 1. The molecule has 0 fully saturated rings. The summed E-state index contributed by atoms with van der Waals surface area (Å²) in [6, 6.07) is 3.67. The average Bonchev–Trinajstić information content (AvgIpc) is 2.46. The van der Waals surface area contributed by atoms with Crippen LogP contribution in [0.15, 0.2) is 34.1 Å². The van der Waals surface area contributed by atoms with Gasteiger partial charge in [0.2, 0.25) is 10.0 Å². The predicted octanol–water partition coefficient (Wildman–Crippen LogP) is -0.0316. The lowest BCUT2D eigenvalue weighted by molar-refractivity contribution is -0.255. The second-order valence-corrected chi connectivity index (χ2v) is 6.67. The molecule has 1 atom stereocenters. The van der Waals surface area contributed by atoms with Crippen molar-refractivity contribution in [2.45, 2.75) is 31.2 Å². The second kappa shape index (κ2) is 5.90. The average molecular weight is 323 g/mol. The van der Waals surface area contributed by atoms with Gasteiger partial charge in [-0.25, -0.2) is 13.1 Å². The van der Waals surface area contributed by atoms with E-state index < -0.39 is 27.0 Å². The van der Waals surface area contributed by atoms with Crippen LogP contribution in [0.3, 0.4) is 0 Å². The van der Waals surface area contributed by atoms with E-state index in [2.05, 4.69) is 9.71 Å². The number of rotatable bonds is 5. The van der Waals surface area contributed by atoms with Gasteiger partial charge in [0, 0.05) is 23.1 Å². The molecule has 0 saturated carbocycles. The Morgan fingerprint density at radius 3 is 2.68 bits per heavy atom. The maximum atomic E-state index is 12.2. The van der Waals surface area contributed by atoms with Crippen LogP contribution in [0.5, 0.6) is 0 Å². The van der Waals surface area contributed by atoms with Crippen LogP contribution in [-0.2, 0) is 10.0 Å². The number of hydrogen-bond acceptors (Lipinski definition) is 5. The molecule has 0 bridgehead atoms. The summed E-state index contributed by atoms with van der Waals surface area (Å²) < 4.78 is 26.9. The number of aromatic nitrogens is 1. The van der Waals surface area contributed by atoms with E-state index in [4.69, 9.17) is 0 Å². The molecule has 2 aromatic rings. The molecule has 1 heterocycles. The second-order valence-electron chi connectivity index (χ2n) is 4.96. The zero-order chi connectivity index (χ0) is 16.5. The van der Waals surface area contributed by atoms with Gasteiger partial charge in [-0.15, -0.1) is 0 Å². The van der Waals surface area contributed by atoms with Gasteiger partial charge < -0.3 is 14.9 Å². The topological polar surface area (TPSA) is 119 Å². The molecule has 22 heavy (non-hydrogen) atoms. The molecule has 1 unspecified atom stereocenters. The summed E-state index contributed by atoms with van der Waals surface area (Å²) in [5.74, 6) is -1.62.